The molecule has 0 saturated heterocycles. The van der Waals surface area contributed by atoms with E-state index in [0.29, 0.717) is 10.8 Å². The quantitative estimate of drug-likeness (QED) is 0.892. The molecular weight excluding hydrogens is 270 g/mol. The van der Waals surface area contributed by atoms with Crippen LogP contribution < -0.4 is 10.1 Å². The second kappa shape index (κ2) is 6.78. The standard InChI is InChI=1S/C17H20ClNO/c1-12-6-4-5-7-13(12)11-16(19-2)14-8-9-17(20-3)15(18)10-14/h4-10,16,19H,11H2,1-3H3. The molecule has 2 rings (SSSR count). The van der Waals surface area contributed by atoms with Crippen LogP contribution in [-0.2, 0) is 6.42 Å². The smallest absolute Gasteiger partial charge is 0.137 e. The van der Waals surface area contributed by atoms with Gasteiger partial charge in [-0.1, -0.05) is 41.9 Å². The highest BCUT2D eigenvalue weighted by Crippen LogP contribution is 2.29. The fourth-order valence-electron chi connectivity index (χ4n) is 2.34. The molecule has 0 fully saturated rings. The van der Waals surface area contributed by atoms with Crippen LogP contribution in [0, 0.1) is 6.92 Å². The van der Waals surface area contributed by atoms with Crippen molar-refractivity contribution in [2.45, 2.75) is 19.4 Å². The molecule has 2 nitrogen and oxygen atoms in total. The Morgan fingerprint density at radius 3 is 2.55 bits per heavy atom. The van der Waals surface area contributed by atoms with Gasteiger partial charge >= 0.3 is 0 Å². The lowest BCUT2D eigenvalue weighted by atomic mass is 9.96. The maximum Gasteiger partial charge on any atom is 0.137 e. The Balaban J connectivity index is 2.24. The Kier molecular flexibility index (Phi) is 5.05. The summed E-state index contributed by atoms with van der Waals surface area (Å²) in [5, 5.41) is 4.01. The van der Waals surface area contributed by atoms with Crippen molar-refractivity contribution in [3.63, 3.8) is 0 Å². The van der Waals surface area contributed by atoms with Crippen LogP contribution in [0.3, 0.4) is 0 Å². The number of ether oxygens (including phenoxy) is 1. The van der Waals surface area contributed by atoms with Crippen molar-refractivity contribution in [2.75, 3.05) is 14.2 Å². The number of likely N-dealkylation sites (N-methyl/N-ethyl adjacent to an activating group) is 1. The Morgan fingerprint density at radius 2 is 1.95 bits per heavy atom. The minimum Gasteiger partial charge on any atom is -0.495 e. The molecule has 0 aromatic heterocycles. The van der Waals surface area contributed by atoms with Gasteiger partial charge in [0.05, 0.1) is 12.1 Å². The van der Waals surface area contributed by atoms with E-state index >= 15 is 0 Å². The van der Waals surface area contributed by atoms with Crippen LogP contribution in [-0.4, -0.2) is 14.2 Å². The number of methoxy groups -OCH3 is 1. The van der Waals surface area contributed by atoms with E-state index in [2.05, 4.69) is 42.6 Å². The highest BCUT2D eigenvalue weighted by Gasteiger charge is 2.13. The van der Waals surface area contributed by atoms with Gasteiger partial charge in [-0.15, -0.1) is 0 Å². The fraction of sp³-hybridized carbons (Fsp3) is 0.294. The van der Waals surface area contributed by atoms with Gasteiger partial charge in [-0.3, -0.25) is 0 Å². The van der Waals surface area contributed by atoms with E-state index in [1.165, 1.54) is 16.7 Å². The van der Waals surface area contributed by atoms with E-state index < -0.39 is 0 Å². The molecule has 0 heterocycles. The van der Waals surface area contributed by atoms with Crippen LogP contribution in [0.5, 0.6) is 5.75 Å². The zero-order valence-corrected chi connectivity index (χ0v) is 12.9. The summed E-state index contributed by atoms with van der Waals surface area (Å²) in [6, 6.07) is 14.6. The van der Waals surface area contributed by atoms with Gasteiger partial charge in [0.25, 0.3) is 0 Å². The van der Waals surface area contributed by atoms with Crippen molar-refractivity contribution < 1.29 is 4.74 Å². The molecule has 1 atom stereocenters. The molecule has 0 aliphatic rings. The van der Waals surface area contributed by atoms with E-state index in [4.69, 9.17) is 16.3 Å². The Morgan fingerprint density at radius 1 is 1.20 bits per heavy atom. The van der Waals surface area contributed by atoms with Gasteiger partial charge in [-0.25, -0.2) is 0 Å². The normalized spacial score (nSPS) is 12.2. The first kappa shape index (κ1) is 14.9. The van der Waals surface area contributed by atoms with Gasteiger partial charge in [0.1, 0.15) is 5.75 Å². The number of hydrogen-bond acceptors (Lipinski definition) is 2. The zero-order chi connectivity index (χ0) is 14.5. The molecule has 3 heteroatoms. The summed E-state index contributed by atoms with van der Waals surface area (Å²) < 4.78 is 5.20. The molecule has 2 aromatic carbocycles. The van der Waals surface area contributed by atoms with Gasteiger partial charge in [0.2, 0.25) is 0 Å². The molecule has 0 amide bonds. The largest absolute Gasteiger partial charge is 0.495 e. The molecule has 0 aliphatic heterocycles. The van der Waals surface area contributed by atoms with E-state index in [1.54, 1.807) is 7.11 Å². The molecule has 1 N–H and O–H groups in total. The topological polar surface area (TPSA) is 21.3 Å². The number of hydrogen-bond donors (Lipinski definition) is 1. The lowest BCUT2D eigenvalue weighted by molar-refractivity contribution is 0.414. The van der Waals surface area contributed by atoms with Crippen molar-refractivity contribution in [2.24, 2.45) is 0 Å². The Bertz CT molecular complexity index is 583. The maximum atomic E-state index is 6.21. The third kappa shape index (κ3) is 3.33. The second-order valence-electron chi connectivity index (χ2n) is 4.87. The molecule has 20 heavy (non-hydrogen) atoms. The van der Waals surface area contributed by atoms with Crippen molar-refractivity contribution in [3.05, 3.63) is 64.2 Å². The fourth-order valence-corrected chi connectivity index (χ4v) is 2.61. The van der Waals surface area contributed by atoms with Gasteiger partial charge in [0, 0.05) is 6.04 Å². The summed E-state index contributed by atoms with van der Waals surface area (Å²) in [5.74, 6) is 0.709. The highest BCUT2D eigenvalue weighted by atomic mass is 35.5. The van der Waals surface area contributed by atoms with Crippen LogP contribution in [0.4, 0.5) is 0 Å². The molecule has 0 radical (unpaired) electrons. The minimum atomic E-state index is 0.236. The molecule has 0 saturated carbocycles. The van der Waals surface area contributed by atoms with E-state index in [9.17, 15) is 0 Å². The second-order valence-corrected chi connectivity index (χ2v) is 5.27. The number of nitrogens with one attached hydrogen (secondary N) is 1. The van der Waals surface area contributed by atoms with Crippen LogP contribution in [0.1, 0.15) is 22.7 Å². The summed E-state index contributed by atoms with van der Waals surface area (Å²) in [6.45, 7) is 2.14. The molecule has 0 bridgehead atoms. The van der Waals surface area contributed by atoms with Crippen molar-refractivity contribution >= 4 is 11.6 Å². The van der Waals surface area contributed by atoms with Crippen molar-refractivity contribution in [3.8, 4) is 5.75 Å². The van der Waals surface area contributed by atoms with Crippen molar-refractivity contribution in [1.29, 1.82) is 0 Å². The van der Waals surface area contributed by atoms with Gasteiger partial charge in [-0.2, -0.15) is 0 Å². The predicted octanol–water partition coefficient (Wildman–Crippen LogP) is 4.16. The summed E-state index contributed by atoms with van der Waals surface area (Å²) >= 11 is 6.21. The molecule has 0 aliphatic carbocycles. The van der Waals surface area contributed by atoms with Gasteiger partial charge in [-0.05, 0) is 49.2 Å². The summed E-state index contributed by atoms with van der Waals surface area (Å²) in [5.41, 5.74) is 3.83. The average molecular weight is 290 g/mol. The summed E-state index contributed by atoms with van der Waals surface area (Å²) in [6.07, 6.45) is 0.936. The first-order valence-electron chi connectivity index (χ1n) is 6.71. The van der Waals surface area contributed by atoms with E-state index in [1.807, 2.05) is 19.2 Å². The Labute approximate surface area is 125 Å². The maximum absolute atomic E-state index is 6.21. The Hall–Kier alpha value is -1.51. The predicted molar refractivity (Wildman–Crippen MR) is 84.7 cm³/mol. The highest BCUT2D eigenvalue weighted by molar-refractivity contribution is 6.32. The number of benzene rings is 2. The molecule has 2 aromatic rings. The van der Waals surface area contributed by atoms with Crippen LogP contribution in [0.25, 0.3) is 0 Å². The molecule has 1 unspecified atom stereocenters. The third-order valence-electron chi connectivity index (χ3n) is 3.61. The van der Waals surface area contributed by atoms with Crippen molar-refractivity contribution in [1.82, 2.24) is 5.32 Å². The first-order valence-corrected chi connectivity index (χ1v) is 7.08. The molecule has 0 spiro atoms. The van der Waals surface area contributed by atoms with Crippen LogP contribution >= 0.6 is 11.6 Å². The summed E-state index contributed by atoms with van der Waals surface area (Å²) in [4.78, 5) is 0. The number of halogens is 1. The first-order chi connectivity index (χ1) is 9.65. The minimum absolute atomic E-state index is 0.236. The number of rotatable bonds is 5. The van der Waals surface area contributed by atoms with Crippen LogP contribution in [0.2, 0.25) is 5.02 Å². The van der Waals surface area contributed by atoms with E-state index in [-0.39, 0.29) is 6.04 Å². The zero-order valence-electron chi connectivity index (χ0n) is 12.1. The number of aryl methyl sites for hydroxylation is 1. The van der Waals surface area contributed by atoms with Gasteiger partial charge in [0.15, 0.2) is 0 Å². The lowest BCUT2D eigenvalue weighted by Gasteiger charge is -2.19. The SMILES string of the molecule is CNC(Cc1ccccc1C)c1ccc(OC)c(Cl)c1. The monoisotopic (exact) mass is 289 g/mol. The molecular formula is C17H20ClNO. The van der Waals surface area contributed by atoms with Crippen LogP contribution in [0.15, 0.2) is 42.5 Å². The summed E-state index contributed by atoms with van der Waals surface area (Å²) in [7, 11) is 3.60. The average Bonchev–Trinajstić information content (AvgIpc) is 2.46. The van der Waals surface area contributed by atoms with E-state index in [0.717, 1.165) is 6.42 Å². The lowest BCUT2D eigenvalue weighted by Crippen LogP contribution is -2.19. The van der Waals surface area contributed by atoms with Gasteiger partial charge < -0.3 is 10.1 Å². The molecule has 106 valence electrons. The third-order valence-corrected chi connectivity index (χ3v) is 3.91.